The van der Waals surface area contributed by atoms with Crippen LogP contribution in [-0.4, -0.2) is 19.0 Å². The van der Waals surface area contributed by atoms with Gasteiger partial charge in [0, 0.05) is 19.5 Å². The Hall–Kier alpha value is -1.42. The lowest BCUT2D eigenvalue weighted by Crippen LogP contribution is -2.35. The molecule has 0 bridgehead atoms. The van der Waals surface area contributed by atoms with E-state index in [0.717, 1.165) is 31.6 Å². The number of halogens is 1. The van der Waals surface area contributed by atoms with Gasteiger partial charge in [0.2, 0.25) is 5.91 Å². The second-order valence-electron chi connectivity index (χ2n) is 4.78. The number of primary amides is 1. The quantitative estimate of drug-likeness (QED) is 0.823. The van der Waals surface area contributed by atoms with Gasteiger partial charge in [-0.05, 0) is 30.9 Å². The molecular weight excluding hydrogens is 250 g/mol. The molecule has 0 aliphatic carbocycles. The zero-order valence-corrected chi connectivity index (χ0v) is 11.0. The van der Waals surface area contributed by atoms with E-state index < -0.39 is 0 Å². The van der Waals surface area contributed by atoms with Crippen molar-refractivity contribution in [1.82, 2.24) is 0 Å². The van der Waals surface area contributed by atoms with Crippen molar-refractivity contribution in [3.8, 4) is 0 Å². The van der Waals surface area contributed by atoms with E-state index in [-0.39, 0.29) is 5.91 Å². The molecule has 2 rings (SSSR count). The number of carbonyl (C=O) groups is 1. The maximum atomic E-state index is 10.9. The molecule has 1 aliphatic rings. The van der Waals surface area contributed by atoms with Gasteiger partial charge >= 0.3 is 0 Å². The van der Waals surface area contributed by atoms with E-state index in [1.165, 1.54) is 0 Å². The van der Waals surface area contributed by atoms with Crippen molar-refractivity contribution < 1.29 is 4.79 Å². The number of rotatable bonds is 3. The summed E-state index contributed by atoms with van der Waals surface area (Å²) >= 11 is 6.19. The van der Waals surface area contributed by atoms with Crippen LogP contribution in [0.5, 0.6) is 0 Å². The lowest BCUT2D eigenvalue weighted by Gasteiger charge is -2.34. The first-order valence-electron chi connectivity index (χ1n) is 6.15. The van der Waals surface area contributed by atoms with Gasteiger partial charge in [-0.25, -0.2) is 0 Å². The predicted molar refractivity (Wildman–Crippen MR) is 74.6 cm³/mol. The molecule has 0 aromatic heterocycles. The fourth-order valence-corrected chi connectivity index (χ4v) is 2.81. The second kappa shape index (κ2) is 5.48. The van der Waals surface area contributed by atoms with Crippen LogP contribution in [0.2, 0.25) is 5.02 Å². The Balaban J connectivity index is 2.03. The molecule has 0 spiro atoms. The lowest BCUT2D eigenvalue weighted by atomic mass is 9.93. The van der Waals surface area contributed by atoms with Crippen molar-refractivity contribution in [2.75, 3.05) is 23.7 Å². The van der Waals surface area contributed by atoms with Crippen LogP contribution in [0.4, 0.5) is 11.4 Å². The standard InChI is InChI=1S/C13H18ClN3O/c14-10-2-1-3-11(15)13(10)17-6-4-9(5-7-17)8-12(16)18/h1-3,9H,4-8,15H2,(H2,16,18). The Morgan fingerprint density at radius 1 is 1.39 bits per heavy atom. The van der Waals surface area contributed by atoms with Crippen LogP contribution >= 0.6 is 11.6 Å². The number of piperidine rings is 1. The fraction of sp³-hybridized carbons (Fsp3) is 0.462. The van der Waals surface area contributed by atoms with E-state index in [0.29, 0.717) is 23.0 Å². The number of para-hydroxylation sites is 1. The molecule has 4 N–H and O–H groups in total. The van der Waals surface area contributed by atoms with Crippen molar-refractivity contribution in [2.24, 2.45) is 11.7 Å². The molecule has 1 aliphatic heterocycles. The summed E-state index contributed by atoms with van der Waals surface area (Å²) in [4.78, 5) is 13.1. The molecule has 1 aromatic carbocycles. The zero-order valence-electron chi connectivity index (χ0n) is 10.2. The highest BCUT2D eigenvalue weighted by atomic mass is 35.5. The fourth-order valence-electron chi connectivity index (χ4n) is 2.51. The molecule has 4 nitrogen and oxygen atoms in total. The summed E-state index contributed by atoms with van der Waals surface area (Å²) in [7, 11) is 0. The summed E-state index contributed by atoms with van der Waals surface area (Å²) < 4.78 is 0. The third kappa shape index (κ3) is 2.88. The zero-order chi connectivity index (χ0) is 13.1. The van der Waals surface area contributed by atoms with Gasteiger partial charge < -0.3 is 16.4 Å². The topological polar surface area (TPSA) is 72.4 Å². The number of nitrogens with zero attached hydrogens (tertiary/aromatic N) is 1. The van der Waals surface area contributed by atoms with Crippen LogP contribution in [0.3, 0.4) is 0 Å². The van der Waals surface area contributed by atoms with Gasteiger partial charge in [-0.3, -0.25) is 4.79 Å². The molecule has 1 amide bonds. The summed E-state index contributed by atoms with van der Waals surface area (Å²) in [5, 5.41) is 0.684. The van der Waals surface area contributed by atoms with Crippen LogP contribution < -0.4 is 16.4 Å². The van der Waals surface area contributed by atoms with Crippen LogP contribution in [0, 0.1) is 5.92 Å². The third-order valence-electron chi connectivity index (χ3n) is 3.44. The van der Waals surface area contributed by atoms with E-state index in [9.17, 15) is 4.79 Å². The molecule has 18 heavy (non-hydrogen) atoms. The maximum Gasteiger partial charge on any atom is 0.217 e. The number of carbonyl (C=O) groups excluding carboxylic acids is 1. The molecule has 1 saturated heterocycles. The first-order chi connectivity index (χ1) is 8.58. The van der Waals surface area contributed by atoms with Crippen LogP contribution in [0.25, 0.3) is 0 Å². The van der Waals surface area contributed by atoms with Crippen LogP contribution in [-0.2, 0) is 4.79 Å². The molecule has 1 fully saturated rings. The van der Waals surface area contributed by atoms with Gasteiger partial charge in [0.15, 0.2) is 0 Å². The van der Waals surface area contributed by atoms with E-state index >= 15 is 0 Å². The largest absolute Gasteiger partial charge is 0.397 e. The molecular formula is C13H18ClN3O. The Morgan fingerprint density at radius 3 is 2.61 bits per heavy atom. The summed E-state index contributed by atoms with van der Waals surface area (Å²) in [5.74, 6) is 0.174. The number of benzene rings is 1. The lowest BCUT2D eigenvalue weighted by molar-refractivity contribution is -0.119. The smallest absolute Gasteiger partial charge is 0.217 e. The van der Waals surface area contributed by atoms with E-state index in [2.05, 4.69) is 4.90 Å². The second-order valence-corrected chi connectivity index (χ2v) is 5.19. The number of hydrogen-bond acceptors (Lipinski definition) is 3. The number of nitrogen functional groups attached to an aromatic ring is 1. The Kier molecular flexibility index (Phi) is 3.97. The highest BCUT2D eigenvalue weighted by molar-refractivity contribution is 6.34. The van der Waals surface area contributed by atoms with Crippen LogP contribution in [0.15, 0.2) is 18.2 Å². The van der Waals surface area contributed by atoms with Gasteiger partial charge in [-0.2, -0.15) is 0 Å². The van der Waals surface area contributed by atoms with Crippen molar-refractivity contribution in [1.29, 1.82) is 0 Å². The Bertz CT molecular complexity index is 422. The normalized spacial score (nSPS) is 16.8. The summed E-state index contributed by atoms with van der Waals surface area (Å²) in [6.07, 6.45) is 2.38. The number of hydrogen-bond donors (Lipinski definition) is 2. The SMILES string of the molecule is NC(=O)CC1CCN(c2c(N)cccc2Cl)CC1. The minimum Gasteiger partial charge on any atom is -0.397 e. The summed E-state index contributed by atoms with van der Waals surface area (Å²) in [6, 6.07) is 5.56. The van der Waals surface area contributed by atoms with Crippen molar-refractivity contribution in [3.05, 3.63) is 23.2 Å². The Morgan fingerprint density at radius 2 is 2.06 bits per heavy atom. The van der Waals surface area contributed by atoms with Crippen molar-refractivity contribution in [2.45, 2.75) is 19.3 Å². The maximum absolute atomic E-state index is 10.9. The number of anilines is 2. The van der Waals surface area contributed by atoms with Crippen LogP contribution in [0.1, 0.15) is 19.3 Å². The number of nitrogens with two attached hydrogens (primary N) is 2. The molecule has 0 atom stereocenters. The predicted octanol–water partition coefficient (Wildman–Crippen LogP) is 2.01. The number of amides is 1. The molecule has 0 unspecified atom stereocenters. The molecule has 5 heteroatoms. The van der Waals surface area contributed by atoms with Crippen molar-refractivity contribution >= 4 is 28.9 Å². The highest BCUT2D eigenvalue weighted by Gasteiger charge is 2.23. The monoisotopic (exact) mass is 267 g/mol. The van der Waals surface area contributed by atoms with E-state index in [1.54, 1.807) is 0 Å². The molecule has 0 saturated carbocycles. The molecule has 0 radical (unpaired) electrons. The minimum atomic E-state index is -0.217. The van der Waals surface area contributed by atoms with E-state index in [1.807, 2.05) is 18.2 Å². The molecule has 98 valence electrons. The van der Waals surface area contributed by atoms with Gasteiger partial charge in [0.25, 0.3) is 0 Å². The van der Waals surface area contributed by atoms with Gasteiger partial charge in [-0.15, -0.1) is 0 Å². The van der Waals surface area contributed by atoms with E-state index in [4.69, 9.17) is 23.1 Å². The van der Waals surface area contributed by atoms with Gasteiger partial charge in [0.1, 0.15) is 0 Å². The highest BCUT2D eigenvalue weighted by Crippen LogP contribution is 2.34. The van der Waals surface area contributed by atoms with Gasteiger partial charge in [-0.1, -0.05) is 17.7 Å². The first-order valence-corrected chi connectivity index (χ1v) is 6.53. The summed E-state index contributed by atoms with van der Waals surface area (Å²) in [6.45, 7) is 1.73. The first kappa shape index (κ1) is 13.0. The minimum absolute atomic E-state index is 0.217. The third-order valence-corrected chi connectivity index (χ3v) is 3.74. The van der Waals surface area contributed by atoms with Gasteiger partial charge in [0.05, 0.1) is 16.4 Å². The molecule has 1 heterocycles. The molecule has 1 aromatic rings. The average Bonchev–Trinajstić information content (AvgIpc) is 2.30. The average molecular weight is 268 g/mol. The van der Waals surface area contributed by atoms with Crippen molar-refractivity contribution in [3.63, 3.8) is 0 Å². The summed E-state index contributed by atoms with van der Waals surface area (Å²) in [5.41, 5.74) is 12.8. The Labute approximate surface area is 112 Å².